The summed E-state index contributed by atoms with van der Waals surface area (Å²) in [6, 6.07) is 0. The lowest BCUT2D eigenvalue weighted by Crippen LogP contribution is -2.16. The maximum Gasteiger partial charge on any atom is 0.0146 e. The molecular weight excluding hydrogens is 134 g/mol. The molecule has 2 heteroatoms. The van der Waals surface area contributed by atoms with Crippen LogP contribution >= 0.6 is 11.6 Å². The van der Waals surface area contributed by atoms with E-state index in [4.69, 9.17) is 11.6 Å². The second-order valence-electron chi connectivity index (χ2n) is 2.46. The van der Waals surface area contributed by atoms with Crippen LogP contribution in [0.1, 0.15) is 12.8 Å². The fourth-order valence-corrected chi connectivity index (χ4v) is 0.826. The molecule has 1 rings (SSSR count). The molecule has 0 aromatic heterocycles. The van der Waals surface area contributed by atoms with E-state index in [2.05, 4.69) is 5.32 Å². The summed E-state index contributed by atoms with van der Waals surface area (Å²) in [5, 5.41) is 3.28. The summed E-state index contributed by atoms with van der Waals surface area (Å²) >= 11 is 5.31. The second kappa shape index (κ2) is 3.91. The predicted molar refractivity (Wildman–Crippen MR) is 40.6 cm³/mol. The van der Waals surface area contributed by atoms with Crippen molar-refractivity contribution in [2.45, 2.75) is 12.8 Å². The molecule has 1 N–H and O–H groups in total. The van der Waals surface area contributed by atoms with Crippen molar-refractivity contribution in [2.24, 2.45) is 5.92 Å². The highest BCUT2D eigenvalue weighted by molar-refractivity contribution is 6.25. The van der Waals surface area contributed by atoms with Crippen LogP contribution in [0.25, 0.3) is 0 Å². The molecule has 1 fully saturated rings. The van der Waals surface area contributed by atoms with E-state index in [0.29, 0.717) is 0 Å². The Hall–Kier alpha value is -0.0100. The zero-order valence-corrected chi connectivity index (χ0v) is 6.19. The Balaban J connectivity index is 1.81. The Kier molecular flexibility index (Phi) is 3.09. The van der Waals surface area contributed by atoms with E-state index in [-0.39, 0.29) is 0 Å². The number of nitrogens with one attached hydrogen (secondary N) is 1. The summed E-state index contributed by atoms with van der Waals surface area (Å²) in [6.07, 6.45) is 4.75. The van der Waals surface area contributed by atoms with Crippen molar-refractivity contribution < 1.29 is 0 Å². The molecule has 1 nitrogen and oxygen atoms in total. The quantitative estimate of drug-likeness (QED) is 0.595. The van der Waals surface area contributed by atoms with Crippen molar-refractivity contribution in [3.8, 4) is 0 Å². The van der Waals surface area contributed by atoms with Gasteiger partial charge in [-0.15, -0.1) is 0 Å². The van der Waals surface area contributed by atoms with Gasteiger partial charge in [-0.1, -0.05) is 17.7 Å². The summed E-state index contributed by atoms with van der Waals surface area (Å²) in [5.41, 5.74) is 1.56. The van der Waals surface area contributed by atoms with Gasteiger partial charge in [-0.2, -0.15) is 0 Å². The average molecular weight is 146 g/mol. The molecular formula is C7H12ClN. The maximum absolute atomic E-state index is 5.31. The summed E-state index contributed by atoms with van der Waals surface area (Å²) in [4.78, 5) is 0. The summed E-state index contributed by atoms with van der Waals surface area (Å²) in [5.74, 6) is 0.966. The van der Waals surface area contributed by atoms with Gasteiger partial charge in [0.15, 0.2) is 0 Å². The second-order valence-corrected chi connectivity index (χ2v) is 2.72. The lowest BCUT2D eigenvalue weighted by molar-refractivity contribution is 0.683. The molecule has 0 saturated heterocycles. The molecule has 0 atom stereocenters. The lowest BCUT2D eigenvalue weighted by atomic mass is 10.4. The molecule has 1 aliphatic rings. The maximum atomic E-state index is 5.31. The third kappa shape index (κ3) is 3.55. The first-order valence-corrected chi connectivity index (χ1v) is 3.83. The first kappa shape index (κ1) is 7.10. The Labute approximate surface area is 61.1 Å². The van der Waals surface area contributed by atoms with Crippen LogP contribution in [0.2, 0.25) is 0 Å². The van der Waals surface area contributed by atoms with E-state index >= 15 is 0 Å². The van der Waals surface area contributed by atoms with Crippen LogP contribution in [0.3, 0.4) is 0 Å². The van der Waals surface area contributed by atoms with Crippen molar-refractivity contribution in [1.29, 1.82) is 0 Å². The fourth-order valence-electron chi connectivity index (χ4n) is 0.737. The normalized spacial score (nSPS) is 19.2. The minimum Gasteiger partial charge on any atom is -0.313 e. The molecule has 0 unspecified atom stereocenters. The minimum atomic E-state index is 0.917. The molecule has 0 amide bonds. The van der Waals surface area contributed by atoms with Crippen molar-refractivity contribution in [3.05, 3.63) is 11.6 Å². The standard InChI is InChI=1S/C7H12ClN/c8-4-1-5-9-6-7-2-3-7/h1,4,7,9H,2-3,5-6H2/b4-1+. The monoisotopic (exact) mass is 145 g/mol. The molecule has 1 saturated carbocycles. The lowest BCUT2D eigenvalue weighted by Gasteiger charge is -1.95. The Morgan fingerprint density at radius 2 is 2.33 bits per heavy atom. The van der Waals surface area contributed by atoms with Gasteiger partial charge >= 0.3 is 0 Å². The van der Waals surface area contributed by atoms with Crippen molar-refractivity contribution in [1.82, 2.24) is 5.32 Å². The number of rotatable bonds is 4. The summed E-state index contributed by atoms with van der Waals surface area (Å²) in [6.45, 7) is 2.08. The molecule has 0 radical (unpaired) electrons. The molecule has 0 aliphatic heterocycles. The van der Waals surface area contributed by atoms with Crippen LogP contribution in [-0.2, 0) is 0 Å². The molecule has 52 valence electrons. The molecule has 0 bridgehead atoms. The van der Waals surface area contributed by atoms with Gasteiger partial charge in [0, 0.05) is 12.1 Å². The minimum absolute atomic E-state index is 0.917. The summed E-state index contributed by atoms with van der Waals surface area (Å²) < 4.78 is 0. The van der Waals surface area contributed by atoms with Crippen molar-refractivity contribution >= 4 is 11.6 Å². The van der Waals surface area contributed by atoms with Gasteiger partial charge in [-0.05, 0) is 25.3 Å². The molecule has 0 heterocycles. The predicted octanol–water partition coefficient (Wildman–Crippen LogP) is 1.74. The topological polar surface area (TPSA) is 12.0 Å². The van der Waals surface area contributed by atoms with Gasteiger partial charge in [0.1, 0.15) is 0 Å². The van der Waals surface area contributed by atoms with E-state index in [1.54, 1.807) is 5.54 Å². The van der Waals surface area contributed by atoms with Gasteiger partial charge in [0.2, 0.25) is 0 Å². The van der Waals surface area contributed by atoms with Crippen LogP contribution in [0, 0.1) is 5.92 Å². The van der Waals surface area contributed by atoms with Crippen molar-refractivity contribution in [3.63, 3.8) is 0 Å². The highest BCUT2D eigenvalue weighted by Crippen LogP contribution is 2.27. The van der Waals surface area contributed by atoms with E-state index < -0.39 is 0 Å². The molecule has 0 aromatic carbocycles. The van der Waals surface area contributed by atoms with Gasteiger partial charge < -0.3 is 5.32 Å². The molecule has 9 heavy (non-hydrogen) atoms. The average Bonchev–Trinajstić information content (AvgIpc) is 2.63. The van der Waals surface area contributed by atoms with Gasteiger partial charge in [0.05, 0.1) is 0 Å². The Morgan fingerprint density at radius 1 is 1.56 bits per heavy atom. The first-order valence-electron chi connectivity index (χ1n) is 3.39. The highest BCUT2D eigenvalue weighted by atomic mass is 35.5. The Bertz CT molecular complexity index is 97.1. The molecule has 0 aromatic rings. The zero-order valence-electron chi connectivity index (χ0n) is 5.44. The fraction of sp³-hybridized carbons (Fsp3) is 0.714. The highest BCUT2D eigenvalue weighted by Gasteiger charge is 2.19. The van der Waals surface area contributed by atoms with Gasteiger partial charge in [0.25, 0.3) is 0 Å². The third-order valence-electron chi connectivity index (χ3n) is 1.48. The van der Waals surface area contributed by atoms with Crippen LogP contribution in [0.15, 0.2) is 11.6 Å². The molecule has 1 aliphatic carbocycles. The van der Waals surface area contributed by atoms with Gasteiger partial charge in [-0.25, -0.2) is 0 Å². The first-order chi connectivity index (χ1) is 4.43. The van der Waals surface area contributed by atoms with E-state index in [1.165, 1.54) is 19.4 Å². The summed E-state index contributed by atoms with van der Waals surface area (Å²) in [7, 11) is 0. The smallest absolute Gasteiger partial charge is 0.0146 e. The largest absolute Gasteiger partial charge is 0.313 e. The van der Waals surface area contributed by atoms with Gasteiger partial charge in [-0.3, -0.25) is 0 Å². The number of halogens is 1. The third-order valence-corrected chi connectivity index (χ3v) is 1.66. The zero-order chi connectivity index (χ0) is 6.53. The number of hydrogen-bond donors (Lipinski definition) is 1. The molecule has 0 spiro atoms. The SMILES string of the molecule is Cl/C=C/CNCC1CC1. The Morgan fingerprint density at radius 3 is 2.89 bits per heavy atom. The van der Waals surface area contributed by atoms with E-state index in [0.717, 1.165) is 12.5 Å². The van der Waals surface area contributed by atoms with E-state index in [9.17, 15) is 0 Å². The van der Waals surface area contributed by atoms with Crippen molar-refractivity contribution in [2.75, 3.05) is 13.1 Å². The van der Waals surface area contributed by atoms with Crippen LogP contribution in [0.5, 0.6) is 0 Å². The van der Waals surface area contributed by atoms with Crippen LogP contribution < -0.4 is 5.32 Å². The van der Waals surface area contributed by atoms with Crippen LogP contribution in [0.4, 0.5) is 0 Å². The number of hydrogen-bond acceptors (Lipinski definition) is 1. The van der Waals surface area contributed by atoms with Crippen LogP contribution in [-0.4, -0.2) is 13.1 Å². The van der Waals surface area contributed by atoms with E-state index in [1.807, 2.05) is 6.08 Å².